The third kappa shape index (κ3) is 4.17. The SMILES string of the molecule is CC(C)[C@@H](C=O)N(C)C(=O)[C@H](N)Cc1ccccc1. The van der Waals surface area contributed by atoms with Crippen LogP contribution in [0, 0.1) is 5.92 Å². The van der Waals surface area contributed by atoms with Gasteiger partial charge in [-0.15, -0.1) is 0 Å². The van der Waals surface area contributed by atoms with Gasteiger partial charge in [0, 0.05) is 7.05 Å². The third-order valence-corrected chi connectivity index (χ3v) is 3.23. The Labute approximate surface area is 114 Å². The largest absolute Gasteiger partial charge is 0.334 e. The van der Waals surface area contributed by atoms with Gasteiger partial charge < -0.3 is 15.4 Å². The topological polar surface area (TPSA) is 63.4 Å². The van der Waals surface area contributed by atoms with E-state index in [0.717, 1.165) is 11.8 Å². The monoisotopic (exact) mass is 262 g/mol. The Bertz CT molecular complexity index is 417. The highest BCUT2D eigenvalue weighted by Crippen LogP contribution is 2.10. The van der Waals surface area contributed by atoms with Crippen molar-refractivity contribution in [1.82, 2.24) is 4.90 Å². The molecule has 0 aliphatic heterocycles. The molecule has 2 N–H and O–H groups in total. The highest BCUT2D eigenvalue weighted by molar-refractivity contribution is 5.84. The number of carbonyl (C=O) groups excluding carboxylic acids is 2. The summed E-state index contributed by atoms with van der Waals surface area (Å²) in [5.41, 5.74) is 6.95. The molecule has 1 amide bonds. The molecular weight excluding hydrogens is 240 g/mol. The van der Waals surface area contributed by atoms with Crippen molar-refractivity contribution in [2.24, 2.45) is 11.7 Å². The lowest BCUT2D eigenvalue weighted by Crippen LogP contribution is -2.49. The maximum atomic E-state index is 12.2. The first kappa shape index (κ1) is 15.4. The summed E-state index contributed by atoms with van der Waals surface area (Å²) >= 11 is 0. The molecular formula is C15H22N2O2. The molecule has 0 aromatic heterocycles. The van der Waals surface area contributed by atoms with Crippen LogP contribution in [0.3, 0.4) is 0 Å². The van der Waals surface area contributed by atoms with Crippen LogP contribution in [0.2, 0.25) is 0 Å². The van der Waals surface area contributed by atoms with Gasteiger partial charge in [0.05, 0.1) is 12.1 Å². The number of carbonyl (C=O) groups is 2. The van der Waals surface area contributed by atoms with Crippen molar-refractivity contribution in [2.45, 2.75) is 32.4 Å². The van der Waals surface area contributed by atoms with Crippen LogP contribution in [-0.2, 0) is 16.0 Å². The minimum Gasteiger partial charge on any atom is -0.334 e. The Morgan fingerprint density at radius 3 is 2.37 bits per heavy atom. The Morgan fingerprint density at radius 2 is 1.89 bits per heavy atom. The van der Waals surface area contributed by atoms with E-state index in [2.05, 4.69) is 0 Å². The zero-order chi connectivity index (χ0) is 14.4. The molecule has 2 atom stereocenters. The van der Waals surface area contributed by atoms with Crippen molar-refractivity contribution in [3.63, 3.8) is 0 Å². The summed E-state index contributed by atoms with van der Waals surface area (Å²) in [6.07, 6.45) is 1.28. The molecule has 0 saturated heterocycles. The van der Waals surface area contributed by atoms with Gasteiger partial charge in [0.25, 0.3) is 0 Å². The van der Waals surface area contributed by atoms with E-state index >= 15 is 0 Å². The maximum Gasteiger partial charge on any atom is 0.240 e. The zero-order valence-electron chi connectivity index (χ0n) is 11.7. The van der Waals surface area contributed by atoms with Crippen molar-refractivity contribution < 1.29 is 9.59 Å². The molecule has 4 heteroatoms. The summed E-state index contributed by atoms with van der Waals surface area (Å²) in [5.74, 6) is -0.120. The van der Waals surface area contributed by atoms with Crippen LogP contribution >= 0.6 is 0 Å². The third-order valence-electron chi connectivity index (χ3n) is 3.23. The zero-order valence-corrected chi connectivity index (χ0v) is 11.7. The number of hydrogen-bond donors (Lipinski definition) is 1. The second kappa shape index (κ2) is 7.04. The molecule has 4 nitrogen and oxygen atoms in total. The molecule has 0 saturated carbocycles. The van der Waals surface area contributed by atoms with Crippen LogP contribution in [-0.4, -0.2) is 36.2 Å². The molecule has 0 aliphatic carbocycles. The van der Waals surface area contributed by atoms with Gasteiger partial charge in [0.1, 0.15) is 6.29 Å². The molecule has 1 rings (SSSR count). The first-order valence-corrected chi connectivity index (χ1v) is 6.48. The van der Waals surface area contributed by atoms with Crippen LogP contribution in [0.25, 0.3) is 0 Å². The number of amides is 1. The van der Waals surface area contributed by atoms with Crippen molar-refractivity contribution in [1.29, 1.82) is 0 Å². The summed E-state index contributed by atoms with van der Waals surface area (Å²) in [4.78, 5) is 24.7. The van der Waals surface area contributed by atoms with Gasteiger partial charge in [-0.3, -0.25) is 4.79 Å². The molecule has 1 aromatic rings. The first-order valence-electron chi connectivity index (χ1n) is 6.48. The Morgan fingerprint density at radius 1 is 1.32 bits per heavy atom. The van der Waals surface area contributed by atoms with E-state index in [1.54, 1.807) is 7.05 Å². The van der Waals surface area contributed by atoms with Gasteiger partial charge in [-0.2, -0.15) is 0 Å². The highest BCUT2D eigenvalue weighted by Gasteiger charge is 2.26. The Hall–Kier alpha value is -1.68. The lowest BCUT2D eigenvalue weighted by atomic mass is 10.0. The minimum absolute atomic E-state index is 0.0791. The van der Waals surface area contributed by atoms with Gasteiger partial charge in [-0.25, -0.2) is 0 Å². The summed E-state index contributed by atoms with van der Waals surface area (Å²) in [5, 5.41) is 0. The molecule has 0 unspecified atom stereocenters. The van der Waals surface area contributed by atoms with Crippen LogP contribution in [0.4, 0.5) is 0 Å². The van der Waals surface area contributed by atoms with Gasteiger partial charge in [-0.05, 0) is 17.9 Å². The van der Waals surface area contributed by atoms with Crippen LogP contribution in [0.15, 0.2) is 30.3 Å². The van der Waals surface area contributed by atoms with Gasteiger partial charge in [0.15, 0.2) is 0 Å². The molecule has 0 heterocycles. The fourth-order valence-corrected chi connectivity index (χ4v) is 2.06. The standard InChI is InChI=1S/C15H22N2O2/c1-11(2)14(10-18)17(3)15(19)13(16)9-12-7-5-4-6-8-12/h4-8,10-11,13-14H,9,16H2,1-3H3/t13-,14-/m1/s1. The van der Waals surface area contributed by atoms with Crippen molar-refractivity contribution in [2.75, 3.05) is 7.05 Å². The smallest absolute Gasteiger partial charge is 0.240 e. The lowest BCUT2D eigenvalue weighted by molar-refractivity contribution is -0.137. The highest BCUT2D eigenvalue weighted by atomic mass is 16.2. The lowest BCUT2D eigenvalue weighted by Gasteiger charge is -2.29. The number of likely N-dealkylation sites (N-methyl/N-ethyl adjacent to an activating group) is 1. The molecule has 19 heavy (non-hydrogen) atoms. The van der Waals surface area contributed by atoms with E-state index in [4.69, 9.17) is 5.73 Å². The summed E-state index contributed by atoms with van der Waals surface area (Å²) < 4.78 is 0. The van der Waals surface area contributed by atoms with E-state index < -0.39 is 12.1 Å². The number of hydrogen-bond acceptors (Lipinski definition) is 3. The first-order chi connectivity index (χ1) is 8.97. The van der Waals surface area contributed by atoms with E-state index in [9.17, 15) is 9.59 Å². The molecule has 1 aromatic carbocycles. The second-order valence-electron chi connectivity index (χ2n) is 5.12. The van der Waals surface area contributed by atoms with Gasteiger partial charge >= 0.3 is 0 Å². The van der Waals surface area contributed by atoms with Crippen molar-refractivity contribution in [3.05, 3.63) is 35.9 Å². The van der Waals surface area contributed by atoms with Crippen molar-refractivity contribution in [3.8, 4) is 0 Å². The predicted molar refractivity (Wildman–Crippen MR) is 75.6 cm³/mol. The fourth-order valence-electron chi connectivity index (χ4n) is 2.06. The molecule has 0 radical (unpaired) electrons. The average molecular weight is 262 g/mol. The quantitative estimate of drug-likeness (QED) is 0.784. The summed E-state index contributed by atoms with van der Waals surface area (Å²) in [6, 6.07) is 8.59. The van der Waals surface area contributed by atoms with E-state index in [0.29, 0.717) is 6.42 Å². The van der Waals surface area contributed by atoms with E-state index in [1.807, 2.05) is 44.2 Å². The molecule has 104 valence electrons. The van der Waals surface area contributed by atoms with Crippen LogP contribution in [0.5, 0.6) is 0 Å². The number of rotatable bonds is 6. The number of benzene rings is 1. The normalized spacial score (nSPS) is 13.9. The van der Waals surface area contributed by atoms with Gasteiger partial charge in [-0.1, -0.05) is 44.2 Å². The second-order valence-corrected chi connectivity index (χ2v) is 5.12. The fraction of sp³-hybridized carbons (Fsp3) is 0.467. The Kier molecular flexibility index (Phi) is 5.70. The molecule has 0 spiro atoms. The van der Waals surface area contributed by atoms with E-state index in [-0.39, 0.29) is 11.8 Å². The maximum absolute atomic E-state index is 12.2. The van der Waals surface area contributed by atoms with Crippen LogP contribution < -0.4 is 5.73 Å². The van der Waals surface area contributed by atoms with E-state index in [1.165, 1.54) is 4.90 Å². The summed E-state index contributed by atoms with van der Waals surface area (Å²) in [6.45, 7) is 3.82. The number of aldehydes is 1. The van der Waals surface area contributed by atoms with Crippen molar-refractivity contribution >= 4 is 12.2 Å². The Balaban J connectivity index is 2.68. The molecule has 0 aliphatic rings. The van der Waals surface area contributed by atoms with Gasteiger partial charge in [0.2, 0.25) is 5.91 Å². The molecule has 0 fully saturated rings. The number of nitrogens with zero attached hydrogens (tertiary/aromatic N) is 1. The average Bonchev–Trinajstić information content (AvgIpc) is 2.39. The van der Waals surface area contributed by atoms with Crippen LogP contribution in [0.1, 0.15) is 19.4 Å². The minimum atomic E-state index is -0.617. The predicted octanol–water partition coefficient (Wildman–Crippen LogP) is 1.24. The molecule has 0 bridgehead atoms. The summed E-state index contributed by atoms with van der Waals surface area (Å²) in [7, 11) is 1.63. The number of nitrogens with two attached hydrogens (primary N) is 1.